The maximum Gasteiger partial charge on any atom is 0.267 e. The van der Waals surface area contributed by atoms with Crippen LogP contribution in [-0.4, -0.2) is 66.2 Å². The van der Waals surface area contributed by atoms with Gasteiger partial charge >= 0.3 is 0 Å². The van der Waals surface area contributed by atoms with Crippen LogP contribution in [0.4, 0.5) is 5.82 Å². The predicted molar refractivity (Wildman–Crippen MR) is 88.3 cm³/mol. The highest BCUT2D eigenvalue weighted by Gasteiger charge is 2.26. The van der Waals surface area contributed by atoms with Crippen LogP contribution in [0.15, 0.2) is 12.4 Å². The fourth-order valence-electron chi connectivity index (χ4n) is 2.84. The van der Waals surface area contributed by atoms with Crippen molar-refractivity contribution < 1.29 is 4.79 Å². The molecule has 0 unspecified atom stereocenters. The van der Waals surface area contributed by atoms with Gasteiger partial charge in [-0.15, -0.1) is 15.3 Å². The molecular formula is C14H16N8OS. The van der Waals surface area contributed by atoms with Crippen LogP contribution in [0, 0.1) is 13.8 Å². The van der Waals surface area contributed by atoms with Gasteiger partial charge in [-0.3, -0.25) is 9.20 Å². The molecule has 1 aliphatic heterocycles. The van der Waals surface area contributed by atoms with E-state index in [1.807, 2.05) is 29.3 Å². The lowest BCUT2D eigenvalue weighted by molar-refractivity contribution is 0.0750. The van der Waals surface area contributed by atoms with Gasteiger partial charge in [0.15, 0.2) is 5.82 Å². The number of rotatable bonds is 2. The van der Waals surface area contributed by atoms with Gasteiger partial charge in [-0.2, -0.15) is 0 Å². The van der Waals surface area contributed by atoms with Crippen molar-refractivity contribution in [3.63, 3.8) is 0 Å². The van der Waals surface area contributed by atoms with Crippen molar-refractivity contribution >= 4 is 28.9 Å². The molecule has 9 nitrogen and oxygen atoms in total. The molecule has 1 saturated heterocycles. The van der Waals surface area contributed by atoms with Crippen LogP contribution in [0.25, 0.3) is 5.65 Å². The topological polar surface area (TPSA) is 92.4 Å². The molecule has 3 aromatic heterocycles. The second kappa shape index (κ2) is 5.78. The molecule has 0 saturated carbocycles. The average Bonchev–Trinajstić information content (AvgIpc) is 3.20. The number of amides is 1. The van der Waals surface area contributed by atoms with E-state index in [0.717, 1.165) is 28.8 Å². The summed E-state index contributed by atoms with van der Waals surface area (Å²) in [7, 11) is 0. The van der Waals surface area contributed by atoms with E-state index in [2.05, 4.69) is 29.7 Å². The molecule has 0 radical (unpaired) electrons. The van der Waals surface area contributed by atoms with Crippen molar-refractivity contribution in [2.45, 2.75) is 13.8 Å². The largest absolute Gasteiger partial charge is 0.350 e. The van der Waals surface area contributed by atoms with E-state index >= 15 is 0 Å². The van der Waals surface area contributed by atoms with E-state index in [9.17, 15) is 4.79 Å². The third-order valence-corrected chi connectivity index (χ3v) is 5.01. The van der Waals surface area contributed by atoms with Crippen molar-refractivity contribution in [3.8, 4) is 0 Å². The van der Waals surface area contributed by atoms with Gasteiger partial charge in [0.25, 0.3) is 5.91 Å². The minimum atomic E-state index is 0.00615. The van der Waals surface area contributed by atoms with Gasteiger partial charge in [0.2, 0.25) is 5.65 Å². The summed E-state index contributed by atoms with van der Waals surface area (Å²) in [6.07, 6.45) is 3.61. The fourth-order valence-corrected chi connectivity index (χ4v) is 3.47. The summed E-state index contributed by atoms with van der Waals surface area (Å²) in [5, 5.41) is 12.2. The number of piperazine rings is 1. The minimum absolute atomic E-state index is 0.00615. The molecule has 0 N–H and O–H groups in total. The summed E-state index contributed by atoms with van der Waals surface area (Å²) < 4.78 is 5.77. The molecule has 0 atom stereocenters. The molecule has 24 heavy (non-hydrogen) atoms. The highest BCUT2D eigenvalue weighted by molar-refractivity contribution is 7.07. The van der Waals surface area contributed by atoms with E-state index in [-0.39, 0.29) is 5.91 Å². The zero-order valence-electron chi connectivity index (χ0n) is 13.4. The molecule has 10 heteroatoms. The third kappa shape index (κ3) is 2.39. The lowest BCUT2D eigenvalue weighted by Gasteiger charge is -2.35. The number of hydrogen-bond donors (Lipinski definition) is 0. The highest BCUT2D eigenvalue weighted by Crippen LogP contribution is 2.20. The summed E-state index contributed by atoms with van der Waals surface area (Å²) in [6, 6.07) is 0. The summed E-state index contributed by atoms with van der Waals surface area (Å²) in [4.78, 5) is 21.6. The van der Waals surface area contributed by atoms with Crippen LogP contribution in [0.5, 0.6) is 0 Å². The maximum absolute atomic E-state index is 12.5. The Morgan fingerprint density at radius 1 is 1.12 bits per heavy atom. The molecule has 1 aliphatic rings. The number of carbonyl (C=O) groups excluding carboxylic acids is 1. The Kier molecular flexibility index (Phi) is 3.60. The highest BCUT2D eigenvalue weighted by atomic mass is 32.1. The second-order valence-corrected chi connectivity index (χ2v) is 6.41. The average molecular weight is 344 g/mol. The first-order chi connectivity index (χ1) is 11.6. The Balaban J connectivity index is 1.52. The second-order valence-electron chi connectivity index (χ2n) is 5.66. The Morgan fingerprint density at radius 3 is 2.62 bits per heavy atom. The Bertz CT molecular complexity index is 895. The molecule has 0 aliphatic carbocycles. The van der Waals surface area contributed by atoms with E-state index in [4.69, 9.17) is 0 Å². The SMILES string of the molecule is Cc1nnsc1C(=O)N1CCN(c2nccn3c(C)nnc23)CC1. The van der Waals surface area contributed by atoms with E-state index in [0.29, 0.717) is 36.8 Å². The molecule has 124 valence electrons. The van der Waals surface area contributed by atoms with Gasteiger partial charge in [0.1, 0.15) is 10.7 Å². The number of aromatic nitrogens is 6. The van der Waals surface area contributed by atoms with Crippen LogP contribution in [0.3, 0.4) is 0 Å². The first kappa shape index (κ1) is 14.9. The number of nitrogens with zero attached hydrogens (tertiary/aromatic N) is 8. The summed E-state index contributed by atoms with van der Waals surface area (Å²) in [5.41, 5.74) is 1.44. The molecule has 0 spiro atoms. The van der Waals surface area contributed by atoms with Gasteiger partial charge in [-0.1, -0.05) is 4.49 Å². The molecule has 1 amide bonds. The molecular weight excluding hydrogens is 328 g/mol. The maximum atomic E-state index is 12.5. The quantitative estimate of drug-likeness (QED) is 0.670. The number of aryl methyl sites for hydroxylation is 2. The molecule has 4 rings (SSSR count). The standard InChI is InChI=1S/C14H16N8OS/c1-9-11(24-19-16-9)14(23)21-7-5-20(6-8-21)12-13-18-17-10(2)22(13)4-3-15-12/h3-4H,5-8H2,1-2H3. The Labute approximate surface area is 142 Å². The van der Waals surface area contributed by atoms with E-state index in [1.54, 1.807) is 6.20 Å². The number of hydrogen-bond acceptors (Lipinski definition) is 8. The monoisotopic (exact) mass is 344 g/mol. The Hall–Kier alpha value is -2.62. The van der Waals surface area contributed by atoms with Crippen molar-refractivity contribution in [2.75, 3.05) is 31.1 Å². The molecule has 3 aromatic rings. The smallest absolute Gasteiger partial charge is 0.267 e. The zero-order valence-corrected chi connectivity index (χ0v) is 14.2. The first-order valence-electron chi connectivity index (χ1n) is 7.64. The Morgan fingerprint density at radius 2 is 1.92 bits per heavy atom. The third-order valence-electron chi connectivity index (χ3n) is 4.19. The lowest BCUT2D eigenvalue weighted by atomic mass is 10.2. The van der Waals surface area contributed by atoms with Gasteiger partial charge in [-0.05, 0) is 25.4 Å². The van der Waals surface area contributed by atoms with Crippen LogP contribution in [0.2, 0.25) is 0 Å². The van der Waals surface area contributed by atoms with Gasteiger partial charge in [0, 0.05) is 38.6 Å². The molecule has 4 heterocycles. The molecule has 0 bridgehead atoms. The van der Waals surface area contributed by atoms with Crippen molar-refractivity contribution in [3.05, 3.63) is 28.8 Å². The van der Waals surface area contributed by atoms with Crippen LogP contribution in [0.1, 0.15) is 21.2 Å². The van der Waals surface area contributed by atoms with E-state index < -0.39 is 0 Å². The lowest BCUT2D eigenvalue weighted by Crippen LogP contribution is -2.49. The van der Waals surface area contributed by atoms with Crippen molar-refractivity contribution in [2.24, 2.45) is 0 Å². The normalized spacial score (nSPS) is 15.2. The molecule has 1 fully saturated rings. The van der Waals surface area contributed by atoms with Gasteiger partial charge < -0.3 is 9.80 Å². The van der Waals surface area contributed by atoms with Crippen molar-refractivity contribution in [1.82, 2.24) is 34.1 Å². The number of carbonyl (C=O) groups is 1. The van der Waals surface area contributed by atoms with Crippen molar-refractivity contribution in [1.29, 1.82) is 0 Å². The van der Waals surface area contributed by atoms with Crippen LogP contribution < -0.4 is 4.90 Å². The number of fused-ring (bicyclic) bond motifs is 1. The fraction of sp³-hybridized carbons (Fsp3) is 0.429. The summed E-state index contributed by atoms with van der Waals surface area (Å²) >= 11 is 1.15. The minimum Gasteiger partial charge on any atom is -0.350 e. The predicted octanol–water partition coefficient (Wildman–Crippen LogP) is 0.555. The van der Waals surface area contributed by atoms with Crippen LogP contribution in [-0.2, 0) is 0 Å². The first-order valence-corrected chi connectivity index (χ1v) is 8.42. The zero-order chi connectivity index (χ0) is 16.7. The van der Waals surface area contributed by atoms with Gasteiger partial charge in [0.05, 0.1) is 5.69 Å². The number of anilines is 1. The summed E-state index contributed by atoms with van der Waals surface area (Å²) in [6.45, 7) is 6.39. The molecule has 0 aromatic carbocycles. The van der Waals surface area contributed by atoms with E-state index in [1.165, 1.54) is 0 Å². The van der Waals surface area contributed by atoms with Gasteiger partial charge in [-0.25, -0.2) is 4.98 Å². The summed E-state index contributed by atoms with van der Waals surface area (Å²) in [5.74, 6) is 1.64. The van der Waals surface area contributed by atoms with Crippen LogP contribution >= 0.6 is 11.5 Å².